The van der Waals surface area contributed by atoms with Gasteiger partial charge in [-0.2, -0.15) is 0 Å². The Balaban J connectivity index is 1.44. The van der Waals surface area contributed by atoms with Crippen molar-refractivity contribution in [1.82, 2.24) is 19.9 Å². The summed E-state index contributed by atoms with van der Waals surface area (Å²) in [4.78, 5) is 15.3. The van der Waals surface area contributed by atoms with E-state index in [2.05, 4.69) is 38.1 Å². The van der Waals surface area contributed by atoms with Crippen LogP contribution in [0, 0.1) is 0 Å². The first kappa shape index (κ1) is 20.2. The summed E-state index contributed by atoms with van der Waals surface area (Å²) in [6.45, 7) is 3.40. The molecule has 3 aromatic heterocycles. The van der Waals surface area contributed by atoms with Crippen molar-refractivity contribution in [2.24, 2.45) is 0 Å². The van der Waals surface area contributed by atoms with Crippen molar-refractivity contribution in [3.63, 3.8) is 0 Å². The van der Waals surface area contributed by atoms with Crippen molar-refractivity contribution in [2.45, 2.75) is 38.5 Å². The molecule has 0 N–H and O–H groups in total. The standard InChI is InChI=1S/C24H30N4/c1-7-22(19-25-13-1)10-4-16-28(17-5-11-23-8-2-14-26-20-23)18-6-12-24-9-3-15-27-21-24/h1-3,7-9,13-15,19-21H,4-6,10-12,16-18H2. The lowest BCUT2D eigenvalue weighted by molar-refractivity contribution is 0.264. The summed E-state index contributed by atoms with van der Waals surface area (Å²) in [5, 5.41) is 0. The molecule has 0 saturated heterocycles. The fraction of sp³-hybridized carbons (Fsp3) is 0.375. The van der Waals surface area contributed by atoms with Crippen LogP contribution in [-0.2, 0) is 19.3 Å². The lowest BCUT2D eigenvalue weighted by Crippen LogP contribution is -2.28. The second-order valence-corrected chi connectivity index (χ2v) is 7.24. The first-order valence-electron chi connectivity index (χ1n) is 10.3. The van der Waals surface area contributed by atoms with Gasteiger partial charge >= 0.3 is 0 Å². The Bertz CT molecular complexity index is 654. The molecule has 0 aliphatic carbocycles. The molecule has 0 aliphatic rings. The van der Waals surface area contributed by atoms with E-state index in [-0.39, 0.29) is 0 Å². The summed E-state index contributed by atoms with van der Waals surface area (Å²) in [6.07, 6.45) is 18.3. The lowest BCUT2D eigenvalue weighted by atomic mass is 10.1. The van der Waals surface area contributed by atoms with E-state index in [1.54, 1.807) is 0 Å². The number of aryl methyl sites for hydroxylation is 3. The summed E-state index contributed by atoms with van der Waals surface area (Å²) >= 11 is 0. The Hall–Kier alpha value is -2.59. The van der Waals surface area contributed by atoms with E-state index < -0.39 is 0 Å². The molecule has 3 aromatic rings. The average Bonchev–Trinajstić information content (AvgIpc) is 2.76. The fourth-order valence-electron chi connectivity index (χ4n) is 3.49. The summed E-state index contributed by atoms with van der Waals surface area (Å²) in [5.74, 6) is 0. The van der Waals surface area contributed by atoms with Crippen molar-refractivity contribution in [1.29, 1.82) is 0 Å². The van der Waals surface area contributed by atoms with Gasteiger partial charge in [-0.3, -0.25) is 15.0 Å². The summed E-state index contributed by atoms with van der Waals surface area (Å²) in [7, 11) is 0. The first-order valence-corrected chi connectivity index (χ1v) is 10.3. The van der Waals surface area contributed by atoms with E-state index >= 15 is 0 Å². The highest BCUT2D eigenvalue weighted by atomic mass is 15.1. The molecule has 0 radical (unpaired) electrons. The van der Waals surface area contributed by atoms with Crippen LogP contribution in [-0.4, -0.2) is 39.5 Å². The van der Waals surface area contributed by atoms with Gasteiger partial charge in [0.25, 0.3) is 0 Å². The molecule has 0 unspecified atom stereocenters. The molecule has 0 atom stereocenters. The van der Waals surface area contributed by atoms with Gasteiger partial charge in [-0.25, -0.2) is 0 Å². The fourth-order valence-corrected chi connectivity index (χ4v) is 3.49. The Labute approximate surface area is 168 Å². The molecule has 3 rings (SSSR count). The van der Waals surface area contributed by atoms with Crippen molar-refractivity contribution in [3.8, 4) is 0 Å². The molecule has 28 heavy (non-hydrogen) atoms. The Morgan fingerprint density at radius 3 is 1.18 bits per heavy atom. The number of nitrogens with zero attached hydrogens (tertiary/aromatic N) is 4. The smallest absolute Gasteiger partial charge is 0.0299 e. The number of hydrogen-bond acceptors (Lipinski definition) is 4. The Kier molecular flexibility index (Phi) is 8.63. The highest BCUT2D eigenvalue weighted by molar-refractivity contribution is 5.10. The number of rotatable bonds is 12. The van der Waals surface area contributed by atoms with Gasteiger partial charge in [0.15, 0.2) is 0 Å². The maximum atomic E-state index is 4.22. The molecule has 3 heterocycles. The Morgan fingerprint density at radius 2 is 0.893 bits per heavy atom. The molecule has 0 bridgehead atoms. The van der Waals surface area contributed by atoms with Crippen molar-refractivity contribution >= 4 is 0 Å². The molecule has 4 nitrogen and oxygen atoms in total. The molecular formula is C24H30N4. The van der Waals surface area contributed by atoms with Crippen LogP contribution in [0.1, 0.15) is 36.0 Å². The third kappa shape index (κ3) is 7.57. The molecule has 0 amide bonds. The summed E-state index contributed by atoms with van der Waals surface area (Å²) < 4.78 is 0. The minimum Gasteiger partial charge on any atom is -0.303 e. The van der Waals surface area contributed by atoms with Crippen LogP contribution in [0.15, 0.2) is 73.6 Å². The van der Waals surface area contributed by atoms with Crippen LogP contribution in [0.5, 0.6) is 0 Å². The SMILES string of the molecule is c1cncc(CCCN(CCCc2cccnc2)CCCc2cccnc2)c1. The Morgan fingerprint density at radius 1 is 0.536 bits per heavy atom. The zero-order valence-corrected chi connectivity index (χ0v) is 16.6. The van der Waals surface area contributed by atoms with Gasteiger partial charge in [0.2, 0.25) is 0 Å². The zero-order valence-electron chi connectivity index (χ0n) is 16.6. The maximum Gasteiger partial charge on any atom is 0.0299 e. The molecule has 0 fully saturated rings. The van der Waals surface area contributed by atoms with Gasteiger partial charge in [0.1, 0.15) is 0 Å². The molecule has 4 heteroatoms. The highest BCUT2D eigenvalue weighted by Gasteiger charge is 2.06. The van der Waals surface area contributed by atoms with Crippen LogP contribution in [0.2, 0.25) is 0 Å². The van der Waals surface area contributed by atoms with Gasteiger partial charge in [0, 0.05) is 37.2 Å². The molecular weight excluding hydrogens is 344 g/mol. The molecule has 0 aromatic carbocycles. The predicted octanol–water partition coefficient (Wildman–Crippen LogP) is 4.37. The van der Waals surface area contributed by atoms with Gasteiger partial charge in [-0.1, -0.05) is 18.2 Å². The minimum absolute atomic E-state index is 1.09. The van der Waals surface area contributed by atoms with Crippen molar-refractivity contribution < 1.29 is 0 Å². The maximum absolute atomic E-state index is 4.22. The topological polar surface area (TPSA) is 41.9 Å². The van der Waals surface area contributed by atoms with Crippen molar-refractivity contribution in [2.75, 3.05) is 19.6 Å². The van der Waals surface area contributed by atoms with Gasteiger partial charge < -0.3 is 4.90 Å². The normalized spacial score (nSPS) is 11.0. The van der Waals surface area contributed by atoms with Gasteiger partial charge in [-0.05, 0) is 93.0 Å². The van der Waals surface area contributed by atoms with Gasteiger partial charge in [-0.15, -0.1) is 0 Å². The molecule has 146 valence electrons. The second kappa shape index (κ2) is 12.0. The van der Waals surface area contributed by atoms with E-state index in [4.69, 9.17) is 0 Å². The van der Waals surface area contributed by atoms with Crippen LogP contribution >= 0.6 is 0 Å². The predicted molar refractivity (Wildman–Crippen MR) is 114 cm³/mol. The number of pyridine rings is 3. The van der Waals surface area contributed by atoms with Crippen LogP contribution in [0.3, 0.4) is 0 Å². The second-order valence-electron chi connectivity index (χ2n) is 7.24. The van der Waals surface area contributed by atoms with E-state index in [0.29, 0.717) is 0 Å². The lowest BCUT2D eigenvalue weighted by Gasteiger charge is -2.22. The minimum atomic E-state index is 1.09. The third-order valence-corrected chi connectivity index (χ3v) is 4.99. The number of aromatic nitrogens is 3. The van der Waals surface area contributed by atoms with Crippen molar-refractivity contribution in [3.05, 3.63) is 90.3 Å². The highest BCUT2D eigenvalue weighted by Crippen LogP contribution is 2.08. The van der Waals surface area contributed by atoms with E-state index in [9.17, 15) is 0 Å². The quantitative estimate of drug-likeness (QED) is 0.472. The molecule has 0 aliphatic heterocycles. The molecule has 0 spiro atoms. The first-order chi connectivity index (χ1) is 13.9. The average molecular weight is 375 g/mol. The van der Waals surface area contributed by atoms with E-state index in [0.717, 1.165) is 38.9 Å². The largest absolute Gasteiger partial charge is 0.303 e. The van der Waals surface area contributed by atoms with Crippen LogP contribution < -0.4 is 0 Å². The third-order valence-electron chi connectivity index (χ3n) is 4.99. The number of hydrogen-bond donors (Lipinski definition) is 0. The van der Waals surface area contributed by atoms with Gasteiger partial charge in [0.05, 0.1) is 0 Å². The monoisotopic (exact) mass is 374 g/mol. The van der Waals surface area contributed by atoms with E-state index in [1.165, 1.54) is 36.0 Å². The zero-order chi connectivity index (χ0) is 19.3. The van der Waals surface area contributed by atoms with E-state index in [1.807, 2.05) is 55.4 Å². The van der Waals surface area contributed by atoms with Crippen LogP contribution in [0.25, 0.3) is 0 Å². The summed E-state index contributed by atoms with van der Waals surface area (Å²) in [5.41, 5.74) is 3.98. The molecule has 0 saturated carbocycles. The summed E-state index contributed by atoms with van der Waals surface area (Å²) in [6, 6.07) is 12.6. The van der Waals surface area contributed by atoms with Crippen LogP contribution in [0.4, 0.5) is 0 Å².